The molecule has 0 bridgehead atoms. The number of rotatable bonds is 7. The van der Waals surface area contributed by atoms with Crippen molar-refractivity contribution in [3.8, 4) is 5.75 Å². The van der Waals surface area contributed by atoms with Crippen LogP contribution in [-0.2, 0) is 4.74 Å². The summed E-state index contributed by atoms with van der Waals surface area (Å²) < 4.78 is 11.2. The molecule has 18 heavy (non-hydrogen) atoms. The molecule has 0 spiro atoms. The molecule has 0 aliphatic carbocycles. The highest BCUT2D eigenvalue weighted by Gasteiger charge is 2.08. The fraction of sp³-hybridized carbons (Fsp3) is 0.600. The van der Waals surface area contributed by atoms with Crippen molar-refractivity contribution in [3.05, 3.63) is 29.3 Å². The van der Waals surface area contributed by atoms with Crippen molar-refractivity contribution in [2.45, 2.75) is 33.7 Å². The number of hydrogen-bond acceptors (Lipinski definition) is 3. The van der Waals surface area contributed by atoms with Crippen LogP contribution in [0, 0.1) is 12.8 Å². The summed E-state index contributed by atoms with van der Waals surface area (Å²) in [5.74, 6) is 1.43. The summed E-state index contributed by atoms with van der Waals surface area (Å²) in [6.45, 7) is 10.2. The second-order valence-corrected chi connectivity index (χ2v) is 5.15. The highest BCUT2D eigenvalue weighted by Crippen LogP contribution is 2.24. The predicted molar refractivity (Wildman–Crippen MR) is 74.9 cm³/mol. The highest BCUT2D eigenvalue weighted by molar-refractivity contribution is 5.38. The van der Waals surface area contributed by atoms with E-state index >= 15 is 0 Å². The van der Waals surface area contributed by atoms with Gasteiger partial charge >= 0.3 is 0 Å². The molecule has 3 heteroatoms. The smallest absolute Gasteiger partial charge is 0.124 e. The lowest BCUT2D eigenvalue weighted by Gasteiger charge is -2.15. The minimum Gasteiger partial charge on any atom is -0.491 e. The summed E-state index contributed by atoms with van der Waals surface area (Å²) in [4.78, 5) is 0. The Bertz CT molecular complexity index is 362. The van der Waals surface area contributed by atoms with Crippen LogP contribution in [0.1, 0.15) is 37.9 Å². The van der Waals surface area contributed by atoms with Crippen LogP contribution in [0.25, 0.3) is 0 Å². The summed E-state index contributed by atoms with van der Waals surface area (Å²) in [6.07, 6.45) is 0. The Labute approximate surface area is 110 Å². The average Bonchev–Trinajstić information content (AvgIpc) is 2.27. The molecule has 0 aromatic heterocycles. The van der Waals surface area contributed by atoms with Crippen molar-refractivity contribution >= 4 is 0 Å². The molecule has 1 atom stereocenters. The molecule has 0 amide bonds. The Kier molecular flexibility index (Phi) is 6.16. The SMILES string of the molecule is Cc1ccc(C(C)N)c(OCCOCC(C)C)c1. The Morgan fingerprint density at radius 1 is 1.17 bits per heavy atom. The van der Waals surface area contributed by atoms with Gasteiger partial charge in [0.1, 0.15) is 12.4 Å². The topological polar surface area (TPSA) is 44.5 Å². The largest absolute Gasteiger partial charge is 0.491 e. The van der Waals surface area contributed by atoms with Gasteiger partial charge in [-0.05, 0) is 31.4 Å². The molecule has 1 aromatic rings. The first-order valence-electron chi connectivity index (χ1n) is 6.57. The van der Waals surface area contributed by atoms with E-state index in [1.807, 2.05) is 26.0 Å². The molecule has 0 saturated heterocycles. The Balaban J connectivity index is 2.48. The average molecular weight is 251 g/mol. The summed E-state index contributed by atoms with van der Waals surface area (Å²) >= 11 is 0. The van der Waals surface area contributed by atoms with Gasteiger partial charge in [-0.2, -0.15) is 0 Å². The van der Waals surface area contributed by atoms with Crippen molar-refractivity contribution in [3.63, 3.8) is 0 Å². The number of ether oxygens (including phenoxy) is 2. The van der Waals surface area contributed by atoms with E-state index in [1.165, 1.54) is 5.56 Å². The van der Waals surface area contributed by atoms with E-state index in [0.29, 0.717) is 19.1 Å². The van der Waals surface area contributed by atoms with Gasteiger partial charge in [0.25, 0.3) is 0 Å². The number of benzene rings is 1. The second kappa shape index (κ2) is 7.39. The van der Waals surface area contributed by atoms with Crippen LogP contribution in [0.3, 0.4) is 0 Å². The molecule has 0 radical (unpaired) electrons. The maximum atomic E-state index is 5.92. The number of hydrogen-bond donors (Lipinski definition) is 1. The third-order valence-corrected chi connectivity index (χ3v) is 2.60. The lowest BCUT2D eigenvalue weighted by Crippen LogP contribution is -2.13. The molecular weight excluding hydrogens is 226 g/mol. The van der Waals surface area contributed by atoms with E-state index in [2.05, 4.69) is 19.9 Å². The molecule has 2 N–H and O–H groups in total. The van der Waals surface area contributed by atoms with Gasteiger partial charge in [0.15, 0.2) is 0 Å². The van der Waals surface area contributed by atoms with Crippen molar-refractivity contribution in [2.75, 3.05) is 19.8 Å². The van der Waals surface area contributed by atoms with E-state index in [9.17, 15) is 0 Å². The van der Waals surface area contributed by atoms with Gasteiger partial charge in [0.2, 0.25) is 0 Å². The Morgan fingerprint density at radius 2 is 1.89 bits per heavy atom. The molecule has 0 saturated carbocycles. The van der Waals surface area contributed by atoms with Gasteiger partial charge in [0.05, 0.1) is 6.61 Å². The van der Waals surface area contributed by atoms with Crippen LogP contribution >= 0.6 is 0 Å². The van der Waals surface area contributed by atoms with Crippen LogP contribution in [-0.4, -0.2) is 19.8 Å². The number of aryl methyl sites for hydroxylation is 1. The van der Waals surface area contributed by atoms with Gasteiger partial charge in [0, 0.05) is 18.2 Å². The van der Waals surface area contributed by atoms with Gasteiger partial charge in [-0.15, -0.1) is 0 Å². The van der Waals surface area contributed by atoms with Crippen LogP contribution in [0.5, 0.6) is 5.75 Å². The molecule has 0 heterocycles. The van der Waals surface area contributed by atoms with Gasteiger partial charge < -0.3 is 15.2 Å². The maximum absolute atomic E-state index is 5.92. The highest BCUT2D eigenvalue weighted by atomic mass is 16.5. The monoisotopic (exact) mass is 251 g/mol. The van der Waals surface area contributed by atoms with Crippen LogP contribution in [0.15, 0.2) is 18.2 Å². The first kappa shape index (κ1) is 15.0. The Hall–Kier alpha value is -1.06. The molecular formula is C15H25NO2. The molecule has 102 valence electrons. The lowest BCUT2D eigenvalue weighted by molar-refractivity contribution is 0.0815. The van der Waals surface area contributed by atoms with Gasteiger partial charge in [-0.1, -0.05) is 26.0 Å². The van der Waals surface area contributed by atoms with Crippen LogP contribution in [0.4, 0.5) is 0 Å². The third kappa shape index (κ3) is 5.07. The zero-order valence-corrected chi connectivity index (χ0v) is 11.9. The quantitative estimate of drug-likeness (QED) is 0.757. The van der Waals surface area contributed by atoms with Crippen LogP contribution in [0.2, 0.25) is 0 Å². The van der Waals surface area contributed by atoms with Crippen LogP contribution < -0.4 is 10.5 Å². The first-order valence-corrected chi connectivity index (χ1v) is 6.57. The van der Waals surface area contributed by atoms with E-state index in [-0.39, 0.29) is 6.04 Å². The van der Waals surface area contributed by atoms with Crippen molar-refractivity contribution < 1.29 is 9.47 Å². The van der Waals surface area contributed by atoms with Crippen molar-refractivity contribution in [2.24, 2.45) is 11.7 Å². The first-order chi connectivity index (χ1) is 8.50. The molecule has 0 aliphatic rings. The Morgan fingerprint density at radius 3 is 2.50 bits per heavy atom. The van der Waals surface area contributed by atoms with E-state index in [4.69, 9.17) is 15.2 Å². The van der Waals surface area contributed by atoms with E-state index in [0.717, 1.165) is 17.9 Å². The molecule has 0 aliphatic heterocycles. The normalized spacial score (nSPS) is 12.8. The molecule has 1 aromatic carbocycles. The molecule has 3 nitrogen and oxygen atoms in total. The lowest BCUT2D eigenvalue weighted by atomic mass is 10.1. The van der Waals surface area contributed by atoms with Crippen molar-refractivity contribution in [1.82, 2.24) is 0 Å². The molecule has 0 fully saturated rings. The standard InChI is InChI=1S/C15H25NO2/c1-11(2)10-17-7-8-18-15-9-12(3)5-6-14(15)13(4)16/h5-6,9,11,13H,7-8,10,16H2,1-4H3. The molecule has 1 rings (SSSR count). The zero-order chi connectivity index (χ0) is 13.5. The van der Waals surface area contributed by atoms with Crippen molar-refractivity contribution in [1.29, 1.82) is 0 Å². The minimum atomic E-state index is -0.0165. The third-order valence-electron chi connectivity index (χ3n) is 2.60. The number of nitrogens with two attached hydrogens (primary N) is 1. The predicted octanol–water partition coefficient (Wildman–Crippen LogP) is 3.07. The fourth-order valence-electron chi connectivity index (χ4n) is 1.67. The summed E-state index contributed by atoms with van der Waals surface area (Å²) in [5.41, 5.74) is 8.15. The minimum absolute atomic E-state index is 0.0165. The summed E-state index contributed by atoms with van der Waals surface area (Å²) in [7, 11) is 0. The maximum Gasteiger partial charge on any atom is 0.124 e. The van der Waals surface area contributed by atoms with Gasteiger partial charge in [-0.3, -0.25) is 0 Å². The second-order valence-electron chi connectivity index (χ2n) is 5.15. The van der Waals surface area contributed by atoms with Gasteiger partial charge in [-0.25, -0.2) is 0 Å². The van der Waals surface area contributed by atoms with E-state index in [1.54, 1.807) is 0 Å². The zero-order valence-electron chi connectivity index (χ0n) is 11.9. The fourth-order valence-corrected chi connectivity index (χ4v) is 1.67. The van der Waals surface area contributed by atoms with E-state index < -0.39 is 0 Å². The molecule has 1 unspecified atom stereocenters. The summed E-state index contributed by atoms with van der Waals surface area (Å²) in [5, 5.41) is 0. The summed E-state index contributed by atoms with van der Waals surface area (Å²) in [6, 6.07) is 6.10.